The molecule has 1 amide bonds. The molecule has 0 saturated carbocycles. The van der Waals surface area contributed by atoms with E-state index in [4.69, 9.17) is 5.73 Å². The highest BCUT2D eigenvalue weighted by molar-refractivity contribution is 14.0. The van der Waals surface area contributed by atoms with Gasteiger partial charge in [0.2, 0.25) is 5.91 Å². The number of nitrogens with two attached hydrogens (primary N) is 1. The molecule has 2 rings (SSSR count). The molecule has 1 aromatic rings. The summed E-state index contributed by atoms with van der Waals surface area (Å²) in [7, 11) is 1.80. The summed E-state index contributed by atoms with van der Waals surface area (Å²) in [5, 5.41) is 11.2. The van der Waals surface area contributed by atoms with E-state index in [1.165, 1.54) is 5.69 Å². The summed E-state index contributed by atoms with van der Waals surface area (Å²) in [6.45, 7) is 9.86. The summed E-state index contributed by atoms with van der Waals surface area (Å²) >= 11 is 0. The molecule has 1 fully saturated rings. The van der Waals surface area contributed by atoms with Crippen molar-refractivity contribution in [2.24, 2.45) is 16.6 Å². The Balaban J connectivity index is 0.00000420. The van der Waals surface area contributed by atoms with Crippen molar-refractivity contribution in [2.75, 3.05) is 39.8 Å². The molecule has 1 saturated heterocycles. The Hall–Kier alpha value is -1.36. The Kier molecular flexibility index (Phi) is 12.2. The van der Waals surface area contributed by atoms with Crippen LogP contribution in [0.15, 0.2) is 11.1 Å². The van der Waals surface area contributed by atoms with Crippen LogP contribution in [0.2, 0.25) is 0 Å². The van der Waals surface area contributed by atoms with Gasteiger partial charge in [-0.25, -0.2) is 0 Å². The highest BCUT2D eigenvalue weighted by atomic mass is 127. The van der Waals surface area contributed by atoms with Gasteiger partial charge in [0.1, 0.15) is 0 Å². The van der Waals surface area contributed by atoms with Gasteiger partial charge in [0.05, 0.1) is 5.69 Å². The van der Waals surface area contributed by atoms with Gasteiger partial charge in [-0.05, 0) is 71.7 Å². The number of hydrogen-bond acceptors (Lipinski definition) is 4. The molecule has 0 aromatic carbocycles. The lowest BCUT2D eigenvalue weighted by Gasteiger charge is -2.30. The number of guanidine groups is 1. The van der Waals surface area contributed by atoms with E-state index in [0.29, 0.717) is 0 Å². The van der Waals surface area contributed by atoms with Crippen molar-refractivity contribution in [1.82, 2.24) is 25.3 Å². The largest absolute Gasteiger partial charge is 0.369 e. The van der Waals surface area contributed by atoms with Crippen molar-refractivity contribution < 1.29 is 4.79 Å². The Labute approximate surface area is 192 Å². The zero-order valence-electron chi connectivity index (χ0n) is 18.1. The molecule has 1 aromatic heterocycles. The first-order chi connectivity index (χ1) is 13.5. The number of nitrogens with one attached hydrogen (secondary N) is 2. The molecule has 29 heavy (non-hydrogen) atoms. The lowest BCUT2D eigenvalue weighted by Crippen LogP contribution is -2.40. The van der Waals surface area contributed by atoms with E-state index in [-0.39, 0.29) is 35.8 Å². The van der Waals surface area contributed by atoms with Crippen molar-refractivity contribution in [1.29, 1.82) is 0 Å². The summed E-state index contributed by atoms with van der Waals surface area (Å²) in [5.74, 6) is 0.793. The van der Waals surface area contributed by atoms with Crippen LogP contribution in [0.5, 0.6) is 0 Å². The number of aryl methyl sites for hydroxylation is 3. The number of carbonyl (C=O) groups excluding carboxylic acids is 1. The van der Waals surface area contributed by atoms with Gasteiger partial charge in [-0.3, -0.25) is 14.5 Å². The molecule has 1 aliphatic rings. The summed E-state index contributed by atoms with van der Waals surface area (Å²) in [6, 6.07) is 2.11. The minimum Gasteiger partial charge on any atom is -0.369 e. The summed E-state index contributed by atoms with van der Waals surface area (Å²) in [5.41, 5.74) is 7.66. The molecule has 0 atom stereocenters. The Bertz CT molecular complexity index is 639. The molecule has 4 N–H and O–H groups in total. The van der Waals surface area contributed by atoms with Gasteiger partial charge in [0.25, 0.3) is 0 Å². The number of rotatable bonds is 10. The third kappa shape index (κ3) is 9.33. The second-order valence-electron chi connectivity index (χ2n) is 7.65. The second kappa shape index (κ2) is 13.8. The van der Waals surface area contributed by atoms with Gasteiger partial charge >= 0.3 is 0 Å². The third-order valence-corrected chi connectivity index (χ3v) is 5.35. The smallest absolute Gasteiger partial charge is 0.220 e. The number of aliphatic imine (C=N–C) groups is 1. The summed E-state index contributed by atoms with van der Waals surface area (Å²) in [4.78, 5) is 17.9. The van der Waals surface area contributed by atoms with Gasteiger partial charge < -0.3 is 21.3 Å². The average Bonchev–Trinajstić information content (AvgIpc) is 3.00. The van der Waals surface area contributed by atoms with Crippen LogP contribution < -0.4 is 16.4 Å². The molecule has 0 aliphatic carbocycles. The van der Waals surface area contributed by atoms with Crippen molar-refractivity contribution in [2.45, 2.75) is 52.5 Å². The van der Waals surface area contributed by atoms with Crippen LogP contribution in [0, 0.1) is 19.8 Å². The van der Waals surface area contributed by atoms with E-state index < -0.39 is 0 Å². The number of halogens is 1. The average molecular weight is 519 g/mol. The standard InChI is InChI=1S/C20H37N7O.HI/c1-16-15-17(2)27(25-16)12-6-10-24-20(22-3)23-9-4-5-11-26-13-7-18(8-14-26)19(21)28;/h15,18H,4-14H2,1-3H3,(H2,21,28)(H2,22,23,24);1H. The van der Waals surface area contributed by atoms with Gasteiger partial charge in [0.15, 0.2) is 5.96 Å². The van der Waals surface area contributed by atoms with E-state index in [1.54, 1.807) is 7.05 Å². The van der Waals surface area contributed by atoms with Crippen molar-refractivity contribution in [3.8, 4) is 0 Å². The number of amides is 1. The van der Waals surface area contributed by atoms with E-state index >= 15 is 0 Å². The minimum atomic E-state index is -0.141. The normalized spacial score (nSPS) is 15.8. The predicted molar refractivity (Wildman–Crippen MR) is 129 cm³/mol. The lowest BCUT2D eigenvalue weighted by atomic mass is 9.96. The summed E-state index contributed by atoms with van der Waals surface area (Å²) < 4.78 is 2.06. The predicted octanol–water partition coefficient (Wildman–Crippen LogP) is 1.65. The Morgan fingerprint density at radius 1 is 1.17 bits per heavy atom. The molecule has 166 valence electrons. The Morgan fingerprint density at radius 3 is 2.38 bits per heavy atom. The van der Waals surface area contributed by atoms with Crippen molar-refractivity contribution in [3.05, 3.63) is 17.5 Å². The number of aromatic nitrogens is 2. The highest BCUT2D eigenvalue weighted by Gasteiger charge is 2.22. The van der Waals surface area contributed by atoms with Crippen LogP contribution >= 0.6 is 24.0 Å². The number of piperidine rings is 1. The number of unbranched alkanes of at least 4 members (excludes halogenated alkanes) is 1. The highest BCUT2D eigenvalue weighted by Crippen LogP contribution is 2.16. The maximum atomic E-state index is 11.2. The topological polar surface area (TPSA) is 101 Å². The molecule has 0 unspecified atom stereocenters. The fourth-order valence-electron chi connectivity index (χ4n) is 3.67. The summed E-state index contributed by atoms with van der Waals surface area (Å²) in [6.07, 6.45) is 5.05. The zero-order valence-corrected chi connectivity index (χ0v) is 20.4. The zero-order chi connectivity index (χ0) is 20.4. The van der Waals surface area contributed by atoms with Gasteiger partial charge in [0, 0.05) is 38.3 Å². The molecular weight excluding hydrogens is 481 g/mol. The maximum absolute atomic E-state index is 11.2. The molecule has 0 radical (unpaired) electrons. The van der Waals surface area contributed by atoms with E-state index in [2.05, 4.69) is 43.3 Å². The molecule has 0 bridgehead atoms. The van der Waals surface area contributed by atoms with Crippen LogP contribution in [0.4, 0.5) is 0 Å². The van der Waals surface area contributed by atoms with Crippen molar-refractivity contribution in [3.63, 3.8) is 0 Å². The van der Waals surface area contributed by atoms with E-state index in [0.717, 1.165) is 83.0 Å². The second-order valence-corrected chi connectivity index (χ2v) is 7.65. The lowest BCUT2D eigenvalue weighted by molar-refractivity contribution is -0.123. The van der Waals surface area contributed by atoms with Crippen LogP contribution in [0.3, 0.4) is 0 Å². The third-order valence-electron chi connectivity index (χ3n) is 5.35. The van der Waals surface area contributed by atoms with Gasteiger partial charge in [-0.1, -0.05) is 0 Å². The van der Waals surface area contributed by atoms with Crippen LogP contribution in [-0.4, -0.2) is 66.3 Å². The quantitative estimate of drug-likeness (QED) is 0.189. The van der Waals surface area contributed by atoms with Crippen LogP contribution in [-0.2, 0) is 11.3 Å². The molecule has 9 heteroatoms. The minimum absolute atomic E-state index is 0. The molecule has 0 spiro atoms. The number of likely N-dealkylation sites (tertiary alicyclic amines) is 1. The maximum Gasteiger partial charge on any atom is 0.220 e. The van der Waals surface area contributed by atoms with Gasteiger partial charge in [-0.15, -0.1) is 24.0 Å². The van der Waals surface area contributed by atoms with E-state index in [9.17, 15) is 4.79 Å². The molecular formula is C20H38IN7O. The van der Waals surface area contributed by atoms with E-state index in [1.807, 2.05) is 6.92 Å². The molecule has 2 heterocycles. The van der Waals surface area contributed by atoms with Crippen LogP contribution in [0.1, 0.15) is 43.5 Å². The monoisotopic (exact) mass is 519 g/mol. The number of hydrogen-bond donors (Lipinski definition) is 3. The number of primary amides is 1. The molecule has 1 aliphatic heterocycles. The first-order valence-corrected chi connectivity index (χ1v) is 10.5. The van der Waals surface area contributed by atoms with Crippen LogP contribution in [0.25, 0.3) is 0 Å². The number of nitrogens with zero attached hydrogens (tertiary/aromatic N) is 4. The Morgan fingerprint density at radius 2 is 1.83 bits per heavy atom. The van der Waals surface area contributed by atoms with Crippen molar-refractivity contribution >= 4 is 35.8 Å². The fraction of sp³-hybridized carbons (Fsp3) is 0.750. The first kappa shape index (κ1) is 25.7. The SMILES string of the molecule is CN=C(NCCCCN1CCC(C(N)=O)CC1)NCCCn1nc(C)cc1C.I. The number of carbonyl (C=O) groups is 1. The first-order valence-electron chi connectivity index (χ1n) is 10.5. The molecule has 8 nitrogen and oxygen atoms in total. The fourth-order valence-corrected chi connectivity index (χ4v) is 3.67. The van der Waals surface area contributed by atoms with Gasteiger partial charge in [-0.2, -0.15) is 5.10 Å².